The maximum absolute atomic E-state index is 11.0. The van der Waals surface area contributed by atoms with Crippen LogP contribution in [0.2, 0.25) is 0 Å². The number of hydrogen-bond donors (Lipinski definition) is 1. The Kier molecular flexibility index (Phi) is 2.78. The average molecular weight is 290 g/mol. The number of rotatable bonds is 4. The van der Waals surface area contributed by atoms with Gasteiger partial charge in [-0.15, -0.1) is 0 Å². The zero-order chi connectivity index (χ0) is 14.4. The molecule has 110 valence electrons. The standard InChI is InChI=1S/C13H14N4O4/c18-17(19)10-4-3-8(11-12(10)16-21-15-11)14-9-5-6-20-13(9)7-1-2-7/h3-4,7,9,13-14H,1-2,5-6H2. The highest BCUT2D eigenvalue weighted by molar-refractivity contribution is 5.93. The summed E-state index contributed by atoms with van der Waals surface area (Å²) in [5, 5.41) is 21.8. The molecule has 1 N–H and O–H groups in total. The molecule has 1 aromatic heterocycles. The molecule has 8 heteroatoms. The summed E-state index contributed by atoms with van der Waals surface area (Å²) >= 11 is 0. The molecule has 0 bridgehead atoms. The molecule has 2 aromatic rings. The van der Waals surface area contributed by atoms with Gasteiger partial charge in [0.1, 0.15) is 0 Å². The van der Waals surface area contributed by atoms with Crippen molar-refractivity contribution in [2.24, 2.45) is 5.92 Å². The van der Waals surface area contributed by atoms with Crippen LogP contribution >= 0.6 is 0 Å². The number of ether oxygens (including phenoxy) is 1. The first-order chi connectivity index (χ1) is 10.2. The summed E-state index contributed by atoms with van der Waals surface area (Å²) in [6, 6.07) is 3.29. The van der Waals surface area contributed by atoms with Crippen molar-refractivity contribution < 1.29 is 14.3 Å². The summed E-state index contributed by atoms with van der Waals surface area (Å²) in [7, 11) is 0. The molecule has 2 heterocycles. The molecule has 8 nitrogen and oxygen atoms in total. The number of hydrogen-bond acceptors (Lipinski definition) is 7. The Morgan fingerprint density at radius 3 is 2.81 bits per heavy atom. The zero-order valence-corrected chi connectivity index (χ0v) is 11.2. The predicted molar refractivity (Wildman–Crippen MR) is 73.0 cm³/mol. The van der Waals surface area contributed by atoms with Gasteiger partial charge in [-0.2, -0.15) is 0 Å². The van der Waals surface area contributed by atoms with Gasteiger partial charge in [0.25, 0.3) is 0 Å². The van der Waals surface area contributed by atoms with E-state index in [0.717, 1.165) is 13.0 Å². The smallest absolute Gasteiger partial charge is 0.300 e. The van der Waals surface area contributed by atoms with Gasteiger partial charge < -0.3 is 10.1 Å². The number of non-ortho nitro benzene ring substituents is 1. The minimum atomic E-state index is -0.484. The van der Waals surface area contributed by atoms with Crippen molar-refractivity contribution in [2.45, 2.75) is 31.4 Å². The predicted octanol–water partition coefficient (Wildman–Crippen LogP) is 2.11. The monoisotopic (exact) mass is 290 g/mol. The molecular weight excluding hydrogens is 276 g/mol. The van der Waals surface area contributed by atoms with Crippen LogP contribution in [0, 0.1) is 16.0 Å². The SMILES string of the molecule is O=[N+]([O-])c1ccc(NC2CCOC2C2CC2)c2nonc12. The first kappa shape index (κ1) is 12.5. The van der Waals surface area contributed by atoms with Crippen molar-refractivity contribution in [3.63, 3.8) is 0 Å². The van der Waals surface area contributed by atoms with Crippen molar-refractivity contribution in [2.75, 3.05) is 11.9 Å². The van der Waals surface area contributed by atoms with E-state index in [0.29, 0.717) is 17.1 Å². The van der Waals surface area contributed by atoms with Crippen LogP contribution in [0.4, 0.5) is 11.4 Å². The van der Waals surface area contributed by atoms with Crippen molar-refractivity contribution >= 4 is 22.4 Å². The van der Waals surface area contributed by atoms with Gasteiger partial charge in [0.15, 0.2) is 5.52 Å². The lowest BCUT2D eigenvalue weighted by Crippen LogP contribution is -2.31. The molecule has 2 fully saturated rings. The van der Waals surface area contributed by atoms with E-state index in [1.165, 1.54) is 18.9 Å². The molecule has 1 aromatic carbocycles. The Hall–Kier alpha value is -2.22. The summed E-state index contributed by atoms with van der Waals surface area (Å²) in [6.07, 6.45) is 3.56. The molecule has 1 saturated carbocycles. The Balaban J connectivity index is 1.66. The number of nitrogens with zero attached hydrogens (tertiary/aromatic N) is 3. The molecule has 0 spiro atoms. The van der Waals surface area contributed by atoms with Crippen molar-refractivity contribution in [1.29, 1.82) is 0 Å². The lowest BCUT2D eigenvalue weighted by molar-refractivity contribution is -0.383. The summed E-state index contributed by atoms with van der Waals surface area (Å²) in [6.45, 7) is 0.742. The maximum Gasteiger partial charge on any atom is 0.300 e. The number of aromatic nitrogens is 2. The number of anilines is 1. The van der Waals surface area contributed by atoms with E-state index in [-0.39, 0.29) is 23.3 Å². The summed E-state index contributed by atoms with van der Waals surface area (Å²) < 4.78 is 10.5. The molecule has 2 unspecified atom stereocenters. The number of nitro groups is 1. The highest BCUT2D eigenvalue weighted by atomic mass is 16.6. The summed E-state index contributed by atoms with van der Waals surface area (Å²) in [5.74, 6) is 0.633. The van der Waals surface area contributed by atoms with Crippen LogP contribution in [0.15, 0.2) is 16.8 Å². The van der Waals surface area contributed by atoms with E-state index < -0.39 is 4.92 Å². The molecule has 1 saturated heterocycles. The van der Waals surface area contributed by atoms with Gasteiger partial charge in [0.2, 0.25) is 5.52 Å². The first-order valence-electron chi connectivity index (χ1n) is 7.02. The number of fused-ring (bicyclic) bond motifs is 1. The van der Waals surface area contributed by atoms with Crippen LogP contribution in [0.5, 0.6) is 0 Å². The fourth-order valence-electron chi connectivity index (χ4n) is 2.97. The maximum atomic E-state index is 11.0. The van der Waals surface area contributed by atoms with Crippen LogP contribution in [0.3, 0.4) is 0 Å². The van der Waals surface area contributed by atoms with Gasteiger partial charge in [-0.25, -0.2) is 4.63 Å². The van der Waals surface area contributed by atoms with E-state index in [4.69, 9.17) is 4.74 Å². The highest BCUT2D eigenvalue weighted by Crippen LogP contribution is 2.40. The molecule has 4 rings (SSSR count). The van der Waals surface area contributed by atoms with Crippen LogP contribution in [0.1, 0.15) is 19.3 Å². The van der Waals surface area contributed by atoms with Crippen LogP contribution in [-0.2, 0) is 4.74 Å². The Bertz CT molecular complexity index is 697. The van der Waals surface area contributed by atoms with Gasteiger partial charge in [0, 0.05) is 12.7 Å². The molecule has 21 heavy (non-hydrogen) atoms. The molecule has 1 aliphatic heterocycles. The van der Waals surface area contributed by atoms with Gasteiger partial charge in [0.05, 0.1) is 22.8 Å². The summed E-state index contributed by atoms with van der Waals surface area (Å²) in [4.78, 5) is 10.5. The quantitative estimate of drug-likeness (QED) is 0.679. The van der Waals surface area contributed by atoms with Gasteiger partial charge >= 0.3 is 5.69 Å². The lowest BCUT2D eigenvalue weighted by Gasteiger charge is -2.20. The number of nitrogens with one attached hydrogen (secondary N) is 1. The molecule has 1 aliphatic carbocycles. The number of benzene rings is 1. The highest BCUT2D eigenvalue weighted by Gasteiger charge is 2.40. The first-order valence-corrected chi connectivity index (χ1v) is 7.02. The van der Waals surface area contributed by atoms with E-state index >= 15 is 0 Å². The third-order valence-corrected chi connectivity index (χ3v) is 4.15. The fraction of sp³-hybridized carbons (Fsp3) is 0.538. The van der Waals surface area contributed by atoms with E-state index in [1.807, 2.05) is 0 Å². The largest absolute Gasteiger partial charge is 0.378 e. The molecule has 0 radical (unpaired) electrons. The van der Waals surface area contributed by atoms with Crippen molar-refractivity contribution in [3.8, 4) is 0 Å². The van der Waals surface area contributed by atoms with Crippen LogP contribution in [-0.4, -0.2) is 34.0 Å². The lowest BCUT2D eigenvalue weighted by atomic mass is 10.1. The van der Waals surface area contributed by atoms with Crippen molar-refractivity contribution in [1.82, 2.24) is 10.3 Å². The van der Waals surface area contributed by atoms with Gasteiger partial charge in [-0.3, -0.25) is 10.1 Å². The minimum absolute atomic E-state index is 0.0989. The zero-order valence-electron chi connectivity index (χ0n) is 11.2. The molecule has 2 aliphatic rings. The second-order valence-corrected chi connectivity index (χ2v) is 5.56. The fourth-order valence-corrected chi connectivity index (χ4v) is 2.97. The summed E-state index contributed by atoms with van der Waals surface area (Å²) in [5.41, 5.74) is 1.17. The topological polar surface area (TPSA) is 103 Å². The van der Waals surface area contributed by atoms with E-state index in [2.05, 4.69) is 20.3 Å². The number of nitro benzene ring substituents is 1. The third kappa shape index (κ3) is 2.11. The molecular formula is C13H14N4O4. The van der Waals surface area contributed by atoms with Crippen LogP contribution < -0.4 is 5.32 Å². The van der Waals surface area contributed by atoms with Gasteiger partial charge in [-0.1, -0.05) is 0 Å². The second kappa shape index (κ2) is 4.66. The van der Waals surface area contributed by atoms with E-state index in [9.17, 15) is 10.1 Å². The molecule has 2 atom stereocenters. The minimum Gasteiger partial charge on any atom is -0.378 e. The third-order valence-electron chi connectivity index (χ3n) is 4.15. The Morgan fingerprint density at radius 1 is 1.24 bits per heavy atom. The van der Waals surface area contributed by atoms with Crippen LogP contribution in [0.25, 0.3) is 11.0 Å². The normalized spacial score (nSPS) is 25.3. The van der Waals surface area contributed by atoms with E-state index in [1.54, 1.807) is 6.07 Å². The van der Waals surface area contributed by atoms with Gasteiger partial charge in [-0.05, 0) is 41.6 Å². The Labute approximate surface area is 119 Å². The Morgan fingerprint density at radius 2 is 2.05 bits per heavy atom. The average Bonchev–Trinajstić information content (AvgIpc) is 3.00. The molecule has 0 amide bonds. The second-order valence-electron chi connectivity index (χ2n) is 5.56. The van der Waals surface area contributed by atoms with Crippen molar-refractivity contribution in [3.05, 3.63) is 22.2 Å².